The molecule has 0 bridgehead atoms. The maximum Gasteiger partial charge on any atom is 0.266 e. The van der Waals surface area contributed by atoms with Gasteiger partial charge in [-0.15, -0.1) is 0 Å². The summed E-state index contributed by atoms with van der Waals surface area (Å²) in [6.07, 6.45) is 1.90. The van der Waals surface area contributed by atoms with E-state index in [-0.39, 0.29) is 10.3 Å². The summed E-state index contributed by atoms with van der Waals surface area (Å²) in [5.41, 5.74) is 4.23. The molecule has 9 nitrogen and oxygen atoms in total. The Morgan fingerprint density at radius 3 is 2.56 bits per heavy atom. The molecule has 0 spiro atoms. The number of nitrogens with zero attached hydrogens (tertiary/aromatic N) is 2. The van der Waals surface area contributed by atoms with Crippen LogP contribution in [0.2, 0.25) is 0 Å². The molecule has 2 aromatic heterocycles. The fourth-order valence-corrected chi connectivity index (χ4v) is 5.99. The maximum atomic E-state index is 13.5. The van der Waals surface area contributed by atoms with Crippen LogP contribution in [-0.4, -0.2) is 24.1 Å². The molecule has 1 amide bonds. The van der Waals surface area contributed by atoms with Crippen LogP contribution in [0.5, 0.6) is 0 Å². The summed E-state index contributed by atoms with van der Waals surface area (Å²) in [5.74, 6) is -0.221. The van der Waals surface area contributed by atoms with Gasteiger partial charge in [0.15, 0.2) is 5.43 Å². The van der Waals surface area contributed by atoms with E-state index in [1.807, 2.05) is 56.1 Å². The Balaban J connectivity index is 1.64. The lowest BCUT2D eigenvalue weighted by Crippen LogP contribution is -2.29. The van der Waals surface area contributed by atoms with Gasteiger partial charge in [0.25, 0.3) is 10.0 Å². The van der Waals surface area contributed by atoms with E-state index in [9.17, 15) is 18.0 Å². The topological polar surface area (TPSA) is 123 Å². The van der Waals surface area contributed by atoms with Crippen molar-refractivity contribution in [3.05, 3.63) is 87.7 Å². The second-order valence-electron chi connectivity index (χ2n) is 9.72. The molecule has 0 saturated heterocycles. The Morgan fingerprint density at radius 1 is 1.08 bits per heavy atom. The zero-order valence-corrected chi connectivity index (χ0v) is 23.0. The third-order valence-electron chi connectivity index (χ3n) is 6.57. The quantitative estimate of drug-likeness (QED) is 0.310. The highest BCUT2D eigenvalue weighted by atomic mass is 32.2. The van der Waals surface area contributed by atoms with Gasteiger partial charge in [0.1, 0.15) is 16.2 Å². The first-order valence-electron chi connectivity index (χ1n) is 12.4. The molecule has 10 heteroatoms. The van der Waals surface area contributed by atoms with E-state index in [4.69, 9.17) is 4.42 Å². The number of hydrogen-bond donors (Lipinski definition) is 2. The summed E-state index contributed by atoms with van der Waals surface area (Å²) in [7, 11) is -2.23. The molecule has 2 N–H and O–H groups in total. The summed E-state index contributed by atoms with van der Waals surface area (Å²) in [6.45, 7) is 6.64. The fourth-order valence-electron chi connectivity index (χ4n) is 4.83. The number of benzene rings is 3. The smallest absolute Gasteiger partial charge is 0.266 e. The van der Waals surface area contributed by atoms with Crippen molar-refractivity contribution in [1.82, 2.24) is 14.5 Å². The Kier molecular flexibility index (Phi) is 6.51. The Hall–Kier alpha value is -4.44. The van der Waals surface area contributed by atoms with Gasteiger partial charge >= 0.3 is 0 Å². The Labute approximate surface area is 225 Å². The minimum Gasteiger partial charge on any atom is -0.455 e. The molecule has 0 saturated carbocycles. The highest BCUT2D eigenvalue weighted by Gasteiger charge is 2.23. The first kappa shape index (κ1) is 26.2. The van der Waals surface area contributed by atoms with Crippen LogP contribution in [0.15, 0.2) is 74.9 Å². The molecule has 39 heavy (non-hydrogen) atoms. The van der Waals surface area contributed by atoms with Crippen LogP contribution in [-0.2, 0) is 21.9 Å². The van der Waals surface area contributed by atoms with Crippen molar-refractivity contribution in [2.45, 2.75) is 38.6 Å². The molecular formula is C29H28N4O5S. The highest BCUT2D eigenvalue weighted by Crippen LogP contribution is 2.34. The van der Waals surface area contributed by atoms with E-state index in [0.29, 0.717) is 33.5 Å². The second kappa shape index (κ2) is 9.70. The van der Waals surface area contributed by atoms with Gasteiger partial charge in [-0.25, -0.2) is 13.1 Å². The standard InChI is InChI=1S/C29H28N4O5S/c1-16-12-22(18(3)30-25-8-6-7-9-26(25)39(36,37)32-19(4)34)29-23(13-16)27(35)17(2)28(38-29)20-10-11-24-21(14-20)15-33(5)31-24/h6-15,18,30H,1-5H3,(H,32,34)/t18-/m0/s1. The molecule has 0 unspecified atom stereocenters. The summed E-state index contributed by atoms with van der Waals surface area (Å²) in [4.78, 5) is 25.0. The Morgan fingerprint density at radius 2 is 1.82 bits per heavy atom. The number of sulfonamides is 1. The van der Waals surface area contributed by atoms with Crippen molar-refractivity contribution >= 4 is 43.5 Å². The van der Waals surface area contributed by atoms with Crippen LogP contribution in [0.4, 0.5) is 5.69 Å². The Bertz CT molecular complexity index is 1940. The number of amides is 1. The van der Waals surface area contributed by atoms with Gasteiger partial charge in [-0.1, -0.05) is 18.2 Å². The number of carbonyl (C=O) groups excluding carboxylic acids is 1. The predicted octanol–water partition coefficient (Wildman–Crippen LogP) is 4.96. The van der Waals surface area contributed by atoms with Crippen molar-refractivity contribution in [1.29, 1.82) is 0 Å². The van der Waals surface area contributed by atoms with E-state index < -0.39 is 22.0 Å². The number of hydrogen-bond acceptors (Lipinski definition) is 7. The lowest BCUT2D eigenvalue weighted by atomic mass is 9.98. The number of para-hydroxylation sites is 1. The average Bonchev–Trinajstić information content (AvgIpc) is 3.24. The van der Waals surface area contributed by atoms with Crippen molar-refractivity contribution < 1.29 is 17.6 Å². The molecule has 0 aliphatic carbocycles. The fraction of sp³-hybridized carbons (Fsp3) is 0.207. The van der Waals surface area contributed by atoms with Crippen molar-refractivity contribution in [2.24, 2.45) is 7.05 Å². The number of anilines is 1. The summed E-state index contributed by atoms with van der Waals surface area (Å²) in [5, 5.41) is 9.03. The first-order valence-corrected chi connectivity index (χ1v) is 13.8. The molecule has 5 rings (SSSR count). The van der Waals surface area contributed by atoms with Gasteiger partial charge in [-0.05, 0) is 62.7 Å². The average molecular weight is 545 g/mol. The summed E-state index contributed by atoms with van der Waals surface area (Å²) >= 11 is 0. The molecule has 0 fully saturated rings. The van der Waals surface area contributed by atoms with Gasteiger partial charge < -0.3 is 9.73 Å². The second-order valence-corrected chi connectivity index (χ2v) is 11.4. The largest absolute Gasteiger partial charge is 0.455 e. The van der Waals surface area contributed by atoms with E-state index >= 15 is 0 Å². The molecular weight excluding hydrogens is 516 g/mol. The number of nitrogens with one attached hydrogen (secondary N) is 2. The molecule has 0 aliphatic rings. The SMILES string of the molecule is CC(=O)NS(=O)(=O)c1ccccc1N[C@@H](C)c1cc(C)cc2c(=O)c(C)c(-c3ccc4nn(C)cc4c3)oc12. The minimum absolute atomic E-state index is 0.0632. The van der Waals surface area contributed by atoms with E-state index in [1.54, 1.807) is 35.9 Å². The van der Waals surface area contributed by atoms with E-state index in [2.05, 4.69) is 10.4 Å². The van der Waals surface area contributed by atoms with Gasteiger partial charge in [0, 0.05) is 42.2 Å². The van der Waals surface area contributed by atoms with Crippen LogP contribution in [0.25, 0.3) is 33.2 Å². The predicted molar refractivity (Wildman–Crippen MR) is 151 cm³/mol. The van der Waals surface area contributed by atoms with Crippen molar-refractivity contribution in [3.8, 4) is 11.3 Å². The molecule has 0 aliphatic heterocycles. The molecule has 0 radical (unpaired) electrons. The van der Waals surface area contributed by atoms with Crippen LogP contribution in [0.3, 0.4) is 0 Å². The maximum absolute atomic E-state index is 13.5. The van der Waals surface area contributed by atoms with Crippen molar-refractivity contribution in [3.63, 3.8) is 0 Å². The number of carbonyl (C=O) groups is 1. The highest BCUT2D eigenvalue weighted by molar-refractivity contribution is 7.90. The first-order chi connectivity index (χ1) is 18.4. The van der Waals surface area contributed by atoms with Crippen LogP contribution < -0.4 is 15.5 Å². The van der Waals surface area contributed by atoms with Gasteiger partial charge in [-0.2, -0.15) is 5.10 Å². The number of fused-ring (bicyclic) bond motifs is 2. The normalized spacial score (nSPS) is 12.5. The molecule has 1 atom stereocenters. The number of aryl methyl sites for hydroxylation is 2. The van der Waals surface area contributed by atoms with Gasteiger partial charge in [0.2, 0.25) is 5.91 Å². The third kappa shape index (κ3) is 4.90. The lowest BCUT2D eigenvalue weighted by Gasteiger charge is -2.20. The molecule has 2 heterocycles. The summed E-state index contributed by atoms with van der Waals surface area (Å²) in [6, 6.07) is 15.3. The van der Waals surface area contributed by atoms with Crippen LogP contribution in [0.1, 0.15) is 36.6 Å². The number of aromatic nitrogens is 2. The van der Waals surface area contributed by atoms with Gasteiger partial charge in [-0.3, -0.25) is 14.3 Å². The molecule has 3 aromatic carbocycles. The lowest BCUT2D eigenvalue weighted by molar-refractivity contribution is -0.117. The number of rotatable bonds is 6. The van der Waals surface area contributed by atoms with E-state index in [0.717, 1.165) is 29.0 Å². The third-order valence-corrected chi connectivity index (χ3v) is 8.06. The zero-order valence-electron chi connectivity index (χ0n) is 22.2. The van der Waals surface area contributed by atoms with E-state index in [1.165, 1.54) is 6.07 Å². The van der Waals surface area contributed by atoms with Crippen LogP contribution >= 0.6 is 0 Å². The van der Waals surface area contributed by atoms with Gasteiger partial charge in [0.05, 0.1) is 22.6 Å². The van der Waals surface area contributed by atoms with Crippen LogP contribution in [0, 0.1) is 13.8 Å². The van der Waals surface area contributed by atoms with Crippen molar-refractivity contribution in [2.75, 3.05) is 5.32 Å². The zero-order chi connectivity index (χ0) is 28.1. The monoisotopic (exact) mass is 544 g/mol. The molecule has 5 aromatic rings. The minimum atomic E-state index is -4.08. The summed E-state index contributed by atoms with van der Waals surface area (Å²) < 4.78 is 35.8. The molecule has 200 valence electrons.